The molecule has 0 unspecified atom stereocenters. The van der Waals surface area contributed by atoms with Crippen LogP contribution in [0.15, 0.2) is 65.8 Å². The lowest BCUT2D eigenvalue weighted by Crippen LogP contribution is -2.46. The summed E-state index contributed by atoms with van der Waals surface area (Å²) in [6.45, 7) is 4.96. The zero-order valence-electron chi connectivity index (χ0n) is 19.2. The van der Waals surface area contributed by atoms with Gasteiger partial charge in [0.05, 0.1) is 5.69 Å². The van der Waals surface area contributed by atoms with Crippen molar-refractivity contribution in [3.8, 4) is 0 Å². The Morgan fingerprint density at radius 1 is 1.00 bits per heavy atom. The number of aromatic nitrogens is 2. The molecule has 1 aliphatic heterocycles. The normalized spacial score (nSPS) is 14.9. The van der Waals surface area contributed by atoms with Crippen molar-refractivity contribution in [2.45, 2.75) is 18.2 Å². The number of rotatable bonds is 9. The van der Waals surface area contributed by atoms with Crippen LogP contribution in [0.2, 0.25) is 0 Å². The maximum absolute atomic E-state index is 13.2. The number of nitrogens with one attached hydrogen (secondary N) is 3. The molecule has 0 aliphatic carbocycles. The van der Waals surface area contributed by atoms with Crippen LogP contribution in [0.3, 0.4) is 0 Å². The van der Waals surface area contributed by atoms with Gasteiger partial charge >= 0.3 is 0 Å². The first-order valence-corrected chi connectivity index (χ1v) is 12.9. The van der Waals surface area contributed by atoms with E-state index in [0.717, 1.165) is 17.5 Å². The van der Waals surface area contributed by atoms with Crippen molar-refractivity contribution >= 4 is 39.5 Å². The molecule has 8 nitrogen and oxygen atoms in total. The third-order valence-electron chi connectivity index (χ3n) is 5.43. The highest BCUT2D eigenvalue weighted by atomic mass is 32.2. The molecule has 34 heavy (non-hydrogen) atoms. The van der Waals surface area contributed by atoms with E-state index >= 15 is 0 Å². The standard InChI is InChI=1S/C25H30N6O2S/c1-2-12-27-23-17-22(10-11-24(23)34(32,33)31-15-13-26-14-16-31)30-25-28-18-21(19-29-25)9-8-20-6-4-3-5-7-20/h3-11,17-19,26-27H,2,12-16H2,1H3,(H,28,29,30)/b9-8+. The summed E-state index contributed by atoms with van der Waals surface area (Å²) in [5.41, 5.74) is 3.28. The highest BCUT2D eigenvalue weighted by Crippen LogP contribution is 2.29. The molecule has 1 saturated heterocycles. The van der Waals surface area contributed by atoms with E-state index in [-0.39, 0.29) is 4.90 Å². The second-order valence-corrected chi connectivity index (χ2v) is 9.91. The molecule has 1 fully saturated rings. The van der Waals surface area contributed by atoms with Crippen molar-refractivity contribution in [2.75, 3.05) is 43.4 Å². The quantitative estimate of drug-likeness (QED) is 0.430. The van der Waals surface area contributed by atoms with Crippen LogP contribution in [-0.4, -0.2) is 55.4 Å². The minimum atomic E-state index is -3.58. The molecule has 0 radical (unpaired) electrons. The van der Waals surface area contributed by atoms with E-state index in [2.05, 4.69) is 25.9 Å². The molecule has 0 amide bonds. The molecule has 9 heteroatoms. The number of sulfonamides is 1. The summed E-state index contributed by atoms with van der Waals surface area (Å²) >= 11 is 0. The SMILES string of the molecule is CCCNc1cc(Nc2ncc(/C=C/c3ccccc3)cn2)ccc1S(=O)(=O)N1CCNCC1. The number of hydrogen-bond donors (Lipinski definition) is 3. The number of anilines is 3. The van der Waals surface area contributed by atoms with Gasteiger partial charge in [0, 0.05) is 56.4 Å². The Balaban J connectivity index is 1.51. The molecule has 2 heterocycles. The zero-order valence-corrected chi connectivity index (χ0v) is 20.1. The van der Waals surface area contributed by atoms with Crippen LogP contribution < -0.4 is 16.0 Å². The fraction of sp³-hybridized carbons (Fsp3) is 0.280. The van der Waals surface area contributed by atoms with E-state index in [4.69, 9.17) is 0 Å². The molecule has 4 rings (SSSR count). The van der Waals surface area contributed by atoms with Gasteiger partial charge in [0.1, 0.15) is 4.90 Å². The minimum absolute atomic E-state index is 0.288. The van der Waals surface area contributed by atoms with Gasteiger partial charge in [-0.1, -0.05) is 49.4 Å². The maximum Gasteiger partial charge on any atom is 0.245 e. The van der Waals surface area contributed by atoms with Crippen molar-refractivity contribution in [1.29, 1.82) is 0 Å². The highest BCUT2D eigenvalue weighted by Gasteiger charge is 2.28. The largest absolute Gasteiger partial charge is 0.384 e. The fourth-order valence-corrected chi connectivity index (χ4v) is 5.22. The average Bonchev–Trinajstić information content (AvgIpc) is 2.88. The molecular weight excluding hydrogens is 448 g/mol. The van der Waals surface area contributed by atoms with Crippen LogP contribution in [0.25, 0.3) is 12.2 Å². The third-order valence-corrected chi connectivity index (χ3v) is 7.39. The average molecular weight is 479 g/mol. The molecule has 0 bridgehead atoms. The Hall–Kier alpha value is -3.27. The lowest BCUT2D eigenvalue weighted by atomic mass is 10.2. The van der Waals surface area contributed by atoms with Gasteiger partial charge in [0.2, 0.25) is 16.0 Å². The first-order chi connectivity index (χ1) is 16.6. The maximum atomic E-state index is 13.2. The number of piperazine rings is 1. The van der Waals surface area contributed by atoms with E-state index in [0.29, 0.717) is 50.0 Å². The second-order valence-electron chi connectivity index (χ2n) is 8.00. The summed E-state index contributed by atoms with van der Waals surface area (Å²) in [5, 5.41) is 9.63. The molecular formula is C25H30N6O2S. The van der Waals surface area contributed by atoms with E-state index in [1.165, 1.54) is 4.31 Å². The fourth-order valence-electron chi connectivity index (χ4n) is 3.63. The predicted octanol–water partition coefficient (Wildman–Crippen LogP) is 3.81. The van der Waals surface area contributed by atoms with Crippen LogP contribution >= 0.6 is 0 Å². The van der Waals surface area contributed by atoms with Gasteiger partial charge in [-0.2, -0.15) is 4.31 Å². The Bertz CT molecular complexity index is 1210. The number of nitrogens with zero attached hydrogens (tertiary/aromatic N) is 3. The minimum Gasteiger partial charge on any atom is -0.384 e. The van der Waals surface area contributed by atoms with E-state index in [1.807, 2.05) is 49.4 Å². The zero-order chi connectivity index (χ0) is 23.8. The number of hydrogen-bond acceptors (Lipinski definition) is 7. The van der Waals surface area contributed by atoms with Crippen LogP contribution in [0, 0.1) is 0 Å². The summed E-state index contributed by atoms with van der Waals surface area (Å²) in [5.74, 6) is 0.441. The second kappa shape index (κ2) is 11.2. The van der Waals surface area contributed by atoms with Gasteiger partial charge in [-0.05, 0) is 30.2 Å². The van der Waals surface area contributed by atoms with Gasteiger partial charge in [0.15, 0.2) is 0 Å². The number of benzene rings is 2. The molecule has 1 aliphatic rings. The molecule has 3 N–H and O–H groups in total. The van der Waals surface area contributed by atoms with Crippen molar-refractivity contribution in [1.82, 2.24) is 19.6 Å². The first kappa shape index (κ1) is 23.9. The first-order valence-electron chi connectivity index (χ1n) is 11.5. The highest BCUT2D eigenvalue weighted by molar-refractivity contribution is 7.89. The Morgan fingerprint density at radius 2 is 1.71 bits per heavy atom. The van der Waals surface area contributed by atoms with Crippen LogP contribution in [-0.2, 0) is 10.0 Å². The van der Waals surface area contributed by atoms with Gasteiger partial charge < -0.3 is 16.0 Å². The van der Waals surface area contributed by atoms with Crippen molar-refractivity contribution < 1.29 is 8.42 Å². The molecule has 178 valence electrons. The van der Waals surface area contributed by atoms with Crippen molar-refractivity contribution in [3.05, 3.63) is 72.1 Å². The Labute approximate surface area is 201 Å². The smallest absolute Gasteiger partial charge is 0.245 e. The van der Waals surface area contributed by atoms with Crippen LogP contribution in [0.4, 0.5) is 17.3 Å². The lowest BCUT2D eigenvalue weighted by Gasteiger charge is -2.27. The molecule has 1 aromatic heterocycles. The lowest BCUT2D eigenvalue weighted by molar-refractivity contribution is 0.360. The predicted molar refractivity (Wildman–Crippen MR) is 138 cm³/mol. The van der Waals surface area contributed by atoms with Gasteiger partial charge in [0.25, 0.3) is 0 Å². The van der Waals surface area contributed by atoms with Gasteiger partial charge in [-0.3, -0.25) is 0 Å². The Morgan fingerprint density at radius 3 is 2.41 bits per heavy atom. The van der Waals surface area contributed by atoms with Crippen molar-refractivity contribution in [2.24, 2.45) is 0 Å². The van der Waals surface area contributed by atoms with Crippen LogP contribution in [0.1, 0.15) is 24.5 Å². The van der Waals surface area contributed by atoms with Gasteiger partial charge in [-0.25, -0.2) is 18.4 Å². The van der Waals surface area contributed by atoms with Crippen LogP contribution in [0.5, 0.6) is 0 Å². The molecule has 0 atom stereocenters. The molecule has 0 spiro atoms. The van der Waals surface area contributed by atoms with E-state index < -0.39 is 10.0 Å². The molecule has 0 saturated carbocycles. The topological polar surface area (TPSA) is 99.2 Å². The summed E-state index contributed by atoms with van der Waals surface area (Å²) < 4.78 is 28.0. The van der Waals surface area contributed by atoms with E-state index in [1.54, 1.807) is 30.6 Å². The third kappa shape index (κ3) is 5.99. The monoisotopic (exact) mass is 478 g/mol. The van der Waals surface area contributed by atoms with Crippen molar-refractivity contribution in [3.63, 3.8) is 0 Å². The summed E-state index contributed by atoms with van der Waals surface area (Å²) in [4.78, 5) is 9.08. The summed E-state index contributed by atoms with van der Waals surface area (Å²) in [7, 11) is -3.58. The molecule has 2 aromatic carbocycles. The summed E-state index contributed by atoms with van der Waals surface area (Å²) in [6, 6.07) is 15.2. The Kier molecular flexibility index (Phi) is 7.89. The summed E-state index contributed by atoms with van der Waals surface area (Å²) in [6.07, 6.45) is 8.34. The van der Waals surface area contributed by atoms with E-state index in [9.17, 15) is 8.42 Å². The van der Waals surface area contributed by atoms with Gasteiger partial charge in [-0.15, -0.1) is 0 Å². The molecule has 3 aromatic rings.